The van der Waals surface area contributed by atoms with Gasteiger partial charge in [0.2, 0.25) is 0 Å². The fourth-order valence-corrected chi connectivity index (χ4v) is 0. The highest BCUT2D eigenvalue weighted by Crippen LogP contribution is 1.81. The van der Waals surface area contributed by atoms with Crippen molar-refractivity contribution >= 4 is 0 Å². The Morgan fingerprint density at radius 1 is 0.353 bits per heavy atom. The molecule has 0 saturated heterocycles. The van der Waals surface area contributed by atoms with Crippen LogP contribution in [0.25, 0.3) is 0 Å². The van der Waals surface area contributed by atoms with E-state index in [0.29, 0.717) is 0 Å². The zero-order valence-electron chi connectivity index (χ0n) is 13.2. The first-order valence-corrected chi connectivity index (χ1v) is 6.46. The Hall–Kier alpha value is 0. The summed E-state index contributed by atoms with van der Waals surface area (Å²) >= 11 is 0. The Bertz CT molecular complexity index is 15.5. The molecule has 0 aliphatic heterocycles. The molecule has 0 aliphatic carbocycles. The Kier molecular flexibility index (Phi) is 316. The monoisotopic (exact) mass is 254 g/mol. The third-order valence-corrected chi connectivity index (χ3v) is 0. The maximum Gasteiger partial charge on any atom is -0.0500 e. The maximum absolute atomic E-state index is 2.17. The first kappa shape index (κ1) is 53.7. The van der Waals surface area contributed by atoms with Gasteiger partial charge in [0, 0.05) is 0 Å². The molecule has 0 heteroatoms. The van der Waals surface area contributed by atoms with Crippen molar-refractivity contribution in [3.05, 3.63) is 0 Å². The molecule has 0 bridgehead atoms. The smallest absolute Gasteiger partial charge is 0.0500 e. The van der Waals surface area contributed by atoms with Crippen molar-refractivity contribution in [2.45, 2.75) is 105 Å². The van der Waals surface area contributed by atoms with Crippen molar-refractivity contribution in [3.63, 3.8) is 0 Å². The average Bonchev–Trinajstić information content (AvgIpc) is 2.12. The van der Waals surface area contributed by atoms with Crippen molar-refractivity contribution in [1.29, 1.82) is 0 Å². The number of hydrogen-bond acceptors (Lipinski definition) is 0. The van der Waals surface area contributed by atoms with Crippen LogP contribution < -0.4 is 0 Å². The number of rotatable bonds is 0. The first-order chi connectivity index (χ1) is 6.46. The normalized spacial score (nSPS) is 5.29. The summed E-state index contributed by atoms with van der Waals surface area (Å²) in [6, 6.07) is 0. The molecule has 0 aliphatic rings. The van der Waals surface area contributed by atoms with Gasteiger partial charge in [-0.05, 0) is 11.8 Å². The lowest BCUT2D eigenvalue weighted by molar-refractivity contribution is 0.736. The molecule has 0 fully saturated rings. The Morgan fingerprint density at radius 2 is 0.353 bits per heavy atom. The van der Waals surface area contributed by atoms with Crippen LogP contribution in [-0.2, 0) is 0 Å². The lowest BCUT2D eigenvalue weighted by Crippen LogP contribution is -1.66. The van der Waals surface area contributed by atoms with E-state index in [1.165, 1.54) is 0 Å². The van der Waals surface area contributed by atoms with Crippen LogP contribution in [0.4, 0.5) is 0 Å². The molecule has 0 saturated carbocycles. The minimum atomic E-state index is 0. The summed E-state index contributed by atoms with van der Waals surface area (Å²) in [6.07, 6.45) is 0. The highest BCUT2D eigenvalue weighted by molar-refractivity contribution is 4.21. The fourth-order valence-electron chi connectivity index (χ4n) is 0. The van der Waals surface area contributed by atoms with Crippen molar-refractivity contribution in [2.75, 3.05) is 0 Å². The summed E-state index contributed by atoms with van der Waals surface area (Å²) in [5.74, 6) is 1.67. The molecule has 17 heavy (non-hydrogen) atoms. The second-order valence-corrected chi connectivity index (χ2v) is 3.46. The minimum Gasteiger partial charge on any atom is -0.0776 e. The van der Waals surface area contributed by atoms with Gasteiger partial charge in [0.05, 0.1) is 0 Å². The van der Waals surface area contributed by atoms with Crippen molar-refractivity contribution in [2.24, 2.45) is 11.8 Å². The molecule has 0 spiro atoms. The summed E-state index contributed by atoms with van der Waals surface area (Å²) < 4.78 is 0. The molecule has 0 aromatic heterocycles. The Morgan fingerprint density at radius 3 is 0.353 bits per heavy atom. The van der Waals surface area contributed by atoms with Gasteiger partial charge in [-0.25, -0.2) is 0 Å². The average molecular weight is 255 g/mol. The highest BCUT2D eigenvalue weighted by Gasteiger charge is 1.68. The zero-order chi connectivity index (χ0) is 13.2. The SMILES string of the molecule is C.C.C.CC.CC.CC.CC(C)C.CC(C)C. The predicted octanol–water partition coefficient (Wildman–Crippen LogP) is 8.31. The molecule has 0 rings (SSSR count). The lowest BCUT2D eigenvalue weighted by Gasteiger charge is -1.79. The van der Waals surface area contributed by atoms with E-state index >= 15 is 0 Å². The molecular formula is C17H50. The molecule has 0 unspecified atom stereocenters. The third-order valence-electron chi connectivity index (χ3n) is 0. The van der Waals surface area contributed by atoms with E-state index in [1.54, 1.807) is 0 Å². The van der Waals surface area contributed by atoms with Crippen LogP contribution in [0.2, 0.25) is 0 Å². The van der Waals surface area contributed by atoms with E-state index in [1.807, 2.05) is 41.5 Å². The van der Waals surface area contributed by atoms with E-state index < -0.39 is 0 Å². The Labute approximate surface area is 118 Å². The van der Waals surface area contributed by atoms with Gasteiger partial charge in [-0.1, -0.05) is 105 Å². The van der Waals surface area contributed by atoms with Gasteiger partial charge in [-0.2, -0.15) is 0 Å². The van der Waals surface area contributed by atoms with Crippen LogP contribution in [-0.4, -0.2) is 0 Å². The van der Waals surface area contributed by atoms with Crippen molar-refractivity contribution in [1.82, 2.24) is 0 Å². The Balaban J connectivity index is -0.00000000992. The first-order valence-electron chi connectivity index (χ1n) is 6.46. The second-order valence-electron chi connectivity index (χ2n) is 3.46. The van der Waals surface area contributed by atoms with E-state index in [-0.39, 0.29) is 22.3 Å². The number of hydrogen-bond donors (Lipinski definition) is 0. The van der Waals surface area contributed by atoms with Crippen LogP contribution in [0.15, 0.2) is 0 Å². The van der Waals surface area contributed by atoms with Crippen molar-refractivity contribution in [3.8, 4) is 0 Å². The molecule has 0 heterocycles. The van der Waals surface area contributed by atoms with Crippen LogP contribution in [0.5, 0.6) is 0 Å². The predicted molar refractivity (Wildman–Crippen MR) is 95.3 cm³/mol. The quantitative estimate of drug-likeness (QED) is 0.407. The summed E-state index contributed by atoms with van der Waals surface area (Å²) in [7, 11) is 0. The molecule has 0 aromatic rings. The summed E-state index contributed by atoms with van der Waals surface area (Å²) in [4.78, 5) is 0. The summed E-state index contributed by atoms with van der Waals surface area (Å²) in [6.45, 7) is 25.0. The van der Waals surface area contributed by atoms with Gasteiger partial charge in [-0.3, -0.25) is 0 Å². The molecular weight excluding hydrogens is 204 g/mol. The fraction of sp³-hybridized carbons (Fsp3) is 1.00. The highest BCUT2D eigenvalue weighted by atomic mass is 13.7. The van der Waals surface area contributed by atoms with E-state index in [9.17, 15) is 0 Å². The van der Waals surface area contributed by atoms with Gasteiger partial charge in [0.1, 0.15) is 0 Å². The topological polar surface area (TPSA) is 0 Å². The molecule has 0 N–H and O–H groups in total. The standard InChI is InChI=1S/2C4H10.3C2H6.3CH4/c2*1-4(2)3;3*1-2;;;/h2*4H,1-3H3;3*1-2H3;3*1H4. The lowest BCUT2D eigenvalue weighted by atomic mass is 10.3. The minimum absolute atomic E-state index is 0. The van der Waals surface area contributed by atoms with Gasteiger partial charge < -0.3 is 0 Å². The van der Waals surface area contributed by atoms with Gasteiger partial charge in [0.25, 0.3) is 0 Å². The molecule has 0 atom stereocenters. The second kappa shape index (κ2) is 100. The van der Waals surface area contributed by atoms with Gasteiger partial charge in [0.15, 0.2) is 0 Å². The van der Waals surface area contributed by atoms with Gasteiger partial charge >= 0.3 is 0 Å². The molecule has 0 radical (unpaired) electrons. The maximum atomic E-state index is 2.17. The van der Waals surface area contributed by atoms with E-state index in [2.05, 4.69) is 41.5 Å². The van der Waals surface area contributed by atoms with Crippen LogP contribution >= 0.6 is 0 Å². The van der Waals surface area contributed by atoms with E-state index in [0.717, 1.165) is 11.8 Å². The molecule has 0 aromatic carbocycles. The molecule has 118 valence electrons. The van der Waals surface area contributed by atoms with Gasteiger partial charge in [-0.15, -0.1) is 0 Å². The molecule has 0 nitrogen and oxygen atoms in total. The molecule has 0 amide bonds. The van der Waals surface area contributed by atoms with Crippen molar-refractivity contribution < 1.29 is 0 Å². The summed E-state index contributed by atoms with van der Waals surface area (Å²) in [5, 5.41) is 0. The third kappa shape index (κ3) is 0. The van der Waals surface area contributed by atoms with Crippen LogP contribution in [0.1, 0.15) is 105 Å². The largest absolute Gasteiger partial charge is 0.0776 e. The summed E-state index contributed by atoms with van der Waals surface area (Å²) in [5.41, 5.74) is 0. The van der Waals surface area contributed by atoms with Crippen LogP contribution in [0.3, 0.4) is 0 Å². The van der Waals surface area contributed by atoms with E-state index in [4.69, 9.17) is 0 Å². The van der Waals surface area contributed by atoms with Crippen LogP contribution in [0, 0.1) is 11.8 Å². The zero-order valence-corrected chi connectivity index (χ0v) is 13.2.